The molecule has 1 atom stereocenters. The van der Waals surface area contributed by atoms with E-state index in [1.54, 1.807) is 0 Å². The van der Waals surface area contributed by atoms with Gasteiger partial charge in [-0.1, -0.05) is 35.9 Å². The summed E-state index contributed by atoms with van der Waals surface area (Å²) in [7, 11) is 2.05. The van der Waals surface area contributed by atoms with Crippen molar-refractivity contribution in [3.63, 3.8) is 0 Å². The number of benzene rings is 1. The Morgan fingerprint density at radius 2 is 1.89 bits per heavy atom. The van der Waals surface area contributed by atoms with E-state index in [2.05, 4.69) is 41.1 Å². The van der Waals surface area contributed by atoms with E-state index in [1.807, 2.05) is 32.3 Å². The second-order valence-electron chi connectivity index (χ2n) is 5.05. The van der Waals surface area contributed by atoms with Crippen LogP contribution in [0.3, 0.4) is 0 Å². The molecule has 0 radical (unpaired) electrons. The fourth-order valence-corrected chi connectivity index (χ4v) is 2.13. The summed E-state index contributed by atoms with van der Waals surface area (Å²) in [6.07, 6.45) is 1.81. The highest BCUT2D eigenvalue weighted by Gasteiger charge is 2.11. The molecule has 1 aromatic heterocycles. The summed E-state index contributed by atoms with van der Waals surface area (Å²) in [4.78, 5) is 6.60. The summed E-state index contributed by atoms with van der Waals surface area (Å²) in [5.41, 5.74) is 9.63. The van der Waals surface area contributed by atoms with Crippen LogP contribution in [0.5, 0.6) is 0 Å². The highest BCUT2D eigenvalue weighted by Crippen LogP contribution is 2.22. The van der Waals surface area contributed by atoms with Crippen molar-refractivity contribution < 1.29 is 0 Å². The summed E-state index contributed by atoms with van der Waals surface area (Å²) in [5, 5.41) is 0. The average Bonchev–Trinajstić information content (AvgIpc) is 2.41. The largest absolute Gasteiger partial charge is 0.355 e. The van der Waals surface area contributed by atoms with E-state index in [4.69, 9.17) is 5.73 Å². The molecule has 3 nitrogen and oxygen atoms in total. The maximum Gasteiger partial charge on any atom is 0.133 e. The molecule has 2 N–H and O–H groups in total. The van der Waals surface area contributed by atoms with Gasteiger partial charge in [0.2, 0.25) is 0 Å². The molecule has 0 saturated heterocycles. The molecule has 0 bridgehead atoms. The summed E-state index contributed by atoms with van der Waals surface area (Å²) in [6.45, 7) is 4.91. The minimum atomic E-state index is -0.0100. The number of hydrogen-bond acceptors (Lipinski definition) is 3. The van der Waals surface area contributed by atoms with Gasteiger partial charge in [0.25, 0.3) is 0 Å². The Morgan fingerprint density at radius 3 is 2.53 bits per heavy atom. The third-order valence-electron chi connectivity index (χ3n) is 3.21. The predicted molar refractivity (Wildman–Crippen MR) is 80.1 cm³/mol. The van der Waals surface area contributed by atoms with Gasteiger partial charge in [-0.05, 0) is 25.5 Å². The molecule has 0 amide bonds. The summed E-state index contributed by atoms with van der Waals surface area (Å²) in [6, 6.07) is 12.5. The Kier molecular flexibility index (Phi) is 4.17. The fraction of sp³-hybridized carbons (Fsp3) is 0.312. The lowest BCUT2D eigenvalue weighted by Gasteiger charge is -2.22. The summed E-state index contributed by atoms with van der Waals surface area (Å²) >= 11 is 0. The van der Waals surface area contributed by atoms with Crippen molar-refractivity contribution >= 4 is 5.82 Å². The SMILES string of the molecule is Cc1ccc(CN(C)c2ncccc2C(C)N)cc1. The maximum atomic E-state index is 6.00. The first-order chi connectivity index (χ1) is 9.08. The van der Waals surface area contributed by atoms with Crippen LogP contribution in [0, 0.1) is 6.92 Å². The van der Waals surface area contributed by atoms with Crippen LogP contribution in [0.15, 0.2) is 42.6 Å². The second-order valence-corrected chi connectivity index (χ2v) is 5.05. The van der Waals surface area contributed by atoms with Gasteiger partial charge in [0, 0.05) is 31.4 Å². The van der Waals surface area contributed by atoms with Gasteiger partial charge >= 0.3 is 0 Å². The molecule has 3 heteroatoms. The molecule has 1 unspecified atom stereocenters. The van der Waals surface area contributed by atoms with Gasteiger partial charge in [0.1, 0.15) is 5.82 Å². The molecule has 0 saturated carbocycles. The Labute approximate surface area is 115 Å². The zero-order chi connectivity index (χ0) is 13.8. The molecular formula is C16H21N3. The molecule has 0 aliphatic carbocycles. The van der Waals surface area contributed by atoms with Crippen molar-refractivity contribution in [2.75, 3.05) is 11.9 Å². The highest BCUT2D eigenvalue weighted by molar-refractivity contribution is 5.48. The Balaban J connectivity index is 2.20. The quantitative estimate of drug-likeness (QED) is 0.913. The standard InChI is InChI=1S/C16H21N3/c1-12-6-8-14(9-7-12)11-19(3)16-15(13(2)17)5-4-10-18-16/h4-10,13H,11,17H2,1-3H3. The molecule has 0 fully saturated rings. The number of pyridine rings is 1. The fourth-order valence-electron chi connectivity index (χ4n) is 2.13. The Bertz CT molecular complexity index is 532. The van der Waals surface area contributed by atoms with Crippen LogP contribution in [0.4, 0.5) is 5.82 Å². The van der Waals surface area contributed by atoms with Crippen molar-refractivity contribution in [3.8, 4) is 0 Å². The zero-order valence-corrected chi connectivity index (χ0v) is 11.8. The van der Waals surface area contributed by atoms with Gasteiger partial charge < -0.3 is 10.6 Å². The van der Waals surface area contributed by atoms with Crippen molar-refractivity contribution in [2.45, 2.75) is 26.4 Å². The smallest absolute Gasteiger partial charge is 0.133 e. The van der Waals surface area contributed by atoms with E-state index in [0.29, 0.717) is 0 Å². The molecule has 0 aliphatic rings. The number of nitrogens with zero attached hydrogens (tertiary/aromatic N) is 2. The van der Waals surface area contributed by atoms with Crippen molar-refractivity contribution in [1.29, 1.82) is 0 Å². The molecular weight excluding hydrogens is 234 g/mol. The first kappa shape index (κ1) is 13.6. The molecule has 19 heavy (non-hydrogen) atoms. The van der Waals surface area contributed by atoms with Gasteiger partial charge in [-0.2, -0.15) is 0 Å². The minimum absolute atomic E-state index is 0.0100. The van der Waals surface area contributed by atoms with E-state index in [-0.39, 0.29) is 6.04 Å². The molecule has 0 spiro atoms. The first-order valence-corrected chi connectivity index (χ1v) is 6.55. The lowest BCUT2D eigenvalue weighted by molar-refractivity contribution is 0.788. The predicted octanol–water partition coefficient (Wildman–Crippen LogP) is 3.05. The van der Waals surface area contributed by atoms with Crippen molar-refractivity contribution in [2.24, 2.45) is 5.73 Å². The topological polar surface area (TPSA) is 42.2 Å². The van der Waals surface area contributed by atoms with E-state index in [0.717, 1.165) is 17.9 Å². The van der Waals surface area contributed by atoms with E-state index in [9.17, 15) is 0 Å². The van der Waals surface area contributed by atoms with Gasteiger partial charge in [0.15, 0.2) is 0 Å². The second kappa shape index (κ2) is 5.85. The van der Waals surface area contributed by atoms with E-state index < -0.39 is 0 Å². The number of aromatic nitrogens is 1. The van der Waals surface area contributed by atoms with Gasteiger partial charge in [0.05, 0.1) is 0 Å². The molecule has 2 rings (SSSR count). The zero-order valence-electron chi connectivity index (χ0n) is 11.8. The summed E-state index contributed by atoms with van der Waals surface area (Å²) in [5.74, 6) is 0.957. The van der Waals surface area contributed by atoms with E-state index >= 15 is 0 Å². The lowest BCUT2D eigenvalue weighted by atomic mass is 10.1. The molecule has 1 heterocycles. The first-order valence-electron chi connectivity index (χ1n) is 6.55. The third kappa shape index (κ3) is 3.32. The van der Waals surface area contributed by atoms with Crippen LogP contribution in [-0.2, 0) is 6.54 Å². The lowest BCUT2D eigenvalue weighted by Crippen LogP contribution is -2.21. The number of aryl methyl sites for hydroxylation is 1. The maximum absolute atomic E-state index is 6.00. The van der Waals surface area contributed by atoms with Crippen LogP contribution < -0.4 is 10.6 Å². The number of hydrogen-bond donors (Lipinski definition) is 1. The van der Waals surface area contributed by atoms with Crippen LogP contribution in [0.2, 0.25) is 0 Å². The van der Waals surface area contributed by atoms with Crippen LogP contribution in [0.1, 0.15) is 29.7 Å². The Morgan fingerprint density at radius 1 is 1.21 bits per heavy atom. The molecule has 1 aromatic carbocycles. The van der Waals surface area contributed by atoms with Crippen LogP contribution in [-0.4, -0.2) is 12.0 Å². The average molecular weight is 255 g/mol. The minimum Gasteiger partial charge on any atom is -0.355 e. The number of rotatable bonds is 4. The molecule has 100 valence electrons. The van der Waals surface area contributed by atoms with Crippen LogP contribution in [0.25, 0.3) is 0 Å². The van der Waals surface area contributed by atoms with Crippen LogP contribution >= 0.6 is 0 Å². The molecule has 0 aliphatic heterocycles. The summed E-state index contributed by atoms with van der Waals surface area (Å²) < 4.78 is 0. The normalized spacial score (nSPS) is 12.2. The number of nitrogens with two attached hydrogens (primary N) is 1. The monoisotopic (exact) mass is 255 g/mol. The van der Waals surface area contributed by atoms with Gasteiger partial charge in [-0.3, -0.25) is 0 Å². The number of anilines is 1. The van der Waals surface area contributed by atoms with Gasteiger partial charge in [-0.25, -0.2) is 4.98 Å². The van der Waals surface area contributed by atoms with Crippen molar-refractivity contribution in [3.05, 3.63) is 59.3 Å². The van der Waals surface area contributed by atoms with Crippen molar-refractivity contribution in [1.82, 2.24) is 4.98 Å². The third-order valence-corrected chi connectivity index (χ3v) is 3.21. The highest BCUT2D eigenvalue weighted by atomic mass is 15.2. The van der Waals surface area contributed by atoms with Gasteiger partial charge in [-0.15, -0.1) is 0 Å². The van der Waals surface area contributed by atoms with E-state index in [1.165, 1.54) is 11.1 Å². The Hall–Kier alpha value is -1.87. The molecule has 2 aromatic rings.